The molecule has 0 aromatic heterocycles. The molecule has 2 unspecified atom stereocenters. The van der Waals surface area contributed by atoms with Gasteiger partial charge < -0.3 is 5.11 Å². The highest BCUT2D eigenvalue weighted by Gasteiger charge is 2.24. The van der Waals surface area contributed by atoms with Gasteiger partial charge in [-0.05, 0) is 31.0 Å². The lowest BCUT2D eigenvalue weighted by atomic mass is 10.1. The molecule has 9 heteroatoms. The Labute approximate surface area is 130 Å². The van der Waals surface area contributed by atoms with Crippen LogP contribution in [0.2, 0.25) is 5.02 Å². The lowest BCUT2D eigenvalue weighted by Crippen LogP contribution is -2.38. The molecule has 0 bridgehead atoms. The van der Waals surface area contributed by atoms with Crippen LogP contribution in [-0.2, 0) is 19.9 Å². The molecular weight excluding hydrogens is 338 g/mol. The van der Waals surface area contributed by atoms with Crippen molar-refractivity contribution in [2.75, 3.05) is 12.9 Å². The number of benzene rings is 1. The fourth-order valence-electron chi connectivity index (χ4n) is 1.50. The Kier molecular flexibility index (Phi) is 5.79. The maximum atomic E-state index is 12.3. The Bertz CT molecular complexity index is 715. The first-order chi connectivity index (χ1) is 9.49. The second-order valence-corrected chi connectivity index (χ2v) is 9.04. The van der Waals surface area contributed by atoms with Crippen molar-refractivity contribution in [3.63, 3.8) is 0 Å². The minimum absolute atomic E-state index is 0.0706. The highest BCUT2D eigenvalue weighted by atomic mass is 35.5. The van der Waals surface area contributed by atoms with Crippen molar-refractivity contribution < 1.29 is 21.9 Å². The first kappa shape index (κ1) is 18.4. The molecule has 0 saturated heterocycles. The average Bonchev–Trinajstić information content (AvgIpc) is 2.35. The van der Waals surface area contributed by atoms with Crippen molar-refractivity contribution >= 4 is 31.5 Å². The molecule has 1 aromatic rings. The topological polar surface area (TPSA) is 101 Å². The number of aliphatic hydroxyl groups is 1. The number of halogens is 1. The Morgan fingerprint density at radius 1 is 1.24 bits per heavy atom. The fourth-order valence-corrected chi connectivity index (χ4v) is 4.10. The molecule has 0 amide bonds. The number of hydrogen-bond acceptors (Lipinski definition) is 5. The summed E-state index contributed by atoms with van der Waals surface area (Å²) in [6.07, 6.45) is 0.983. The van der Waals surface area contributed by atoms with Crippen molar-refractivity contribution in [3.8, 4) is 0 Å². The first-order valence-electron chi connectivity index (χ1n) is 6.12. The maximum Gasteiger partial charge on any atom is 0.242 e. The van der Waals surface area contributed by atoms with E-state index in [4.69, 9.17) is 16.7 Å². The SMILES string of the molecule is CC(CO)C(C)NS(=O)(=O)c1cc(S(C)(=O)=O)ccc1Cl. The molecule has 2 N–H and O–H groups in total. The second kappa shape index (κ2) is 6.62. The van der Waals surface area contributed by atoms with Crippen LogP contribution in [0.3, 0.4) is 0 Å². The summed E-state index contributed by atoms with van der Waals surface area (Å²) in [7, 11) is -7.53. The van der Waals surface area contributed by atoms with Crippen molar-refractivity contribution in [2.24, 2.45) is 5.92 Å². The summed E-state index contributed by atoms with van der Waals surface area (Å²) >= 11 is 5.86. The summed E-state index contributed by atoms with van der Waals surface area (Å²) in [4.78, 5) is -0.431. The van der Waals surface area contributed by atoms with Crippen molar-refractivity contribution in [2.45, 2.75) is 29.7 Å². The predicted octanol–water partition coefficient (Wildman–Crippen LogP) is 1.04. The quantitative estimate of drug-likeness (QED) is 0.794. The molecule has 0 fully saturated rings. The zero-order valence-corrected chi connectivity index (χ0v) is 14.3. The molecule has 6 nitrogen and oxygen atoms in total. The summed E-state index contributed by atoms with van der Waals surface area (Å²) in [6, 6.07) is 2.97. The Morgan fingerprint density at radius 3 is 2.29 bits per heavy atom. The lowest BCUT2D eigenvalue weighted by Gasteiger charge is -2.19. The molecular formula is C12H18ClNO5S2. The molecule has 0 aliphatic carbocycles. The van der Waals surface area contributed by atoms with Crippen LogP contribution in [0.15, 0.2) is 28.0 Å². The van der Waals surface area contributed by atoms with E-state index >= 15 is 0 Å². The van der Waals surface area contributed by atoms with Crippen molar-refractivity contribution in [1.29, 1.82) is 0 Å². The largest absolute Gasteiger partial charge is 0.396 e. The molecule has 0 aliphatic heterocycles. The molecule has 1 rings (SSSR count). The number of hydrogen-bond donors (Lipinski definition) is 2. The molecule has 0 aliphatic rings. The Hall–Kier alpha value is -0.670. The van der Waals surface area contributed by atoms with E-state index in [0.29, 0.717) is 0 Å². The van der Waals surface area contributed by atoms with Gasteiger partial charge in [-0.3, -0.25) is 0 Å². The third-order valence-electron chi connectivity index (χ3n) is 3.10. The van der Waals surface area contributed by atoms with E-state index in [-0.39, 0.29) is 27.3 Å². The van der Waals surface area contributed by atoms with Crippen LogP contribution in [0.4, 0.5) is 0 Å². The molecule has 1 aromatic carbocycles. The van der Waals surface area contributed by atoms with Crippen LogP contribution in [0, 0.1) is 5.92 Å². The molecule has 120 valence electrons. The molecule has 0 spiro atoms. The molecule has 0 saturated carbocycles. The number of sulfone groups is 1. The third kappa shape index (κ3) is 4.65. The van der Waals surface area contributed by atoms with Gasteiger partial charge in [-0.25, -0.2) is 21.6 Å². The van der Waals surface area contributed by atoms with E-state index in [2.05, 4.69) is 4.72 Å². The van der Waals surface area contributed by atoms with Gasteiger partial charge in [0.25, 0.3) is 0 Å². The molecule has 0 heterocycles. The van der Waals surface area contributed by atoms with Crippen LogP contribution in [0.1, 0.15) is 13.8 Å². The zero-order chi connectivity index (χ0) is 16.4. The Morgan fingerprint density at radius 2 is 1.81 bits per heavy atom. The van der Waals surface area contributed by atoms with E-state index in [9.17, 15) is 16.8 Å². The minimum Gasteiger partial charge on any atom is -0.396 e. The van der Waals surface area contributed by atoms with Gasteiger partial charge in [0.05, 0.1) is 9.92 Å². The smallest absolute Gasteiger partial charge is 0.242 e. The average molecular weight is 356 g/mol. The molecule has 21 heavy (non-hydrogen) atoms. The molecule has 2 atom stereocenters. The zero-order valence-electron chi connectivity index (χ0n) is 11.9. The monoisotopic (exact) mass is 355 g/mol. The van der Waals surface area contributed by atoms with E-state index in [0.717, 1.165) is 12.3 Å². The Balaban J connectivity index is 3.26. The molecule has 0 radical (unpaired) electrons. The van der Waals surface area contributed by atoms with Crippen LogP contribution in [0.5, 0.6) is 0 Å². The predicted molar refractivity (Wildman–Crippen MR) is 80.6 cm³/mol. The van der Waals surface area contributed by atoms with Crippen LogP contribution in [0.25, 0.3) is 0 Å². The number of sulfonamides is 1. The maximum absolute atomic E-state index is 12.3. The normalized spacial score (nSPS) is 15.7. The summed E-state index contributed by atoms with van der Waals surface area (Å²) in [5, 5.41) is 8.97. The standard InChI is InChI=1S/C12H18ClNO5S2/c1-8(7-15)9(2)14-21(18,19)12-6-10(20(3,16)17)4-5-11(12)13/h4-6,8-9,14-15H,7H2,1-3H3. The third-order valence-corrected chi connectivity index (χ3v) is 6.25. The van der Waals surface area contributed by atoms with E-state index < -0.39 is 25.9 Å². The lowest BCUT2D eigenvalue weighted by molar-refractivity contribution is 0.216. The van der Waals surface area contributed by atoms with E-state index in [1.165, 1.54) is 12.1 Å². The number of aliphatic hydroxyl groups excluding tert-OH is 1. The highest BCUT2D eigenvalue weighted by Crippen LogP contribution is 2.25. The van der Waals surface area contributed by atoms with Crippen LogP contribution < -0.4 is 4.72 Å². The van der Waals surface area contributed by atoms with Crippen LogP contribution in [-0.4, -0.2) is 40.8 Å². The minimum atomic E-state index is -3.99. The summed E-state index contributed by atoms with van der Waals surface area (Å²) in [5.74, 6) is -0.295. The van der Waals surface area contributed by atoms with E-state index in [1.54, 1.807) is 13.8 Å². The van der Waals surface area contributed by atoms with Gasteiger partial charge in [0, 0.05) is 18.9 Å². The van der Waals surface area contributed by atoms with E-state index in [1.807, 2.05) is 0 Å². The van der Waals surface area contributed by atoms with Gasteiger partial charge in [-0.2, -0.15) is 0 Å². The summed E-state index contributed by atoms with van der Waals surface area (Å²) < 4.78 is 50.0. The van der Waals surface area contributed by atoms with Gasteiger partial charge >= 0.3 is 0 Å². The first-order valence-corrected chi connectivity index (χ1v) is 9.87. The van der Waals surface area contributed by atoms with Gasteiger partial charge in [0.15, 0.2) is 9.84 Å². The van der Waals surface area contributed by atoms with Gasteiger partial charge in [0.1, 0.15) is 4.90 Å². The van der Waals surface area contributed by atoms with Crippen molar-refractivity contribution in [1.82, 2.24) is 4.72 Å². The van der Waals surface area contributed by atoms with Gasteiger partial charge in [0.2, 0.25) is 10.0 Å². The fraction of sp³-hybridized carbons (Fsp3) is 0.500. The highest BCUT2D eigenvalue weighted by molar-refractivity contribution is 7.91. The van der Waals surface area contributed by atoms with Gasteiger partial charge in [-0.15, -0.1) is 0 Å². The number of nitrogens with one attached hydrogen (secondary N) is 1. The van der Waals surface area contributed by atoms with Crippen LogP contribution >= 0.6 is 11.6 Å². The summed E-state index contributed by atoms with van der Waals surface area (Å²) in [5.41, 5.74) is 0. The second-order valence-electron chi connectivity index (χ2n) is 4.93. The summed E-state index contributed by atoms with van der Waals surface area (Å²) in [6.45, 7) is 3.11. The van der Waals surface area contributed by atoms with Crippen molar-refractivity contribution in [3.05, 3.63) is 23.2 Å². The number of rotatable bonds is 6. The van der Waals surface area contributed by atoms with Gasteiger partial charge in [-0.1, -0.05) is 18.5 Å².